The first kappa shape index (κ1) is 12.8. The minimum Gasteiger partial charge on any atom is -0.469 e. The Bertz CT molecular complexity index is 292. The first-order valence-corrected chi connectivity index (χ1v) is 5.77. The van der Waals surface area contributed by atoms with Crippen molar-refractivity contribution in [2.24, 2.45) is 0 Å². The molecule has 0 atom stereocenters. The molecule has 0 saturated carbocycles. The maximum Gasteiger partial charge on any atom is 0.227 e. The predicted molar refractivity (Wildman–Crippen MR) is 63.2 cm³/mol. The van der Waals surface area contributed by atoms with E-state index in [-0.39, 0.29) is 5.91 Å². The van der Waals surface area contributed by atoms with Gasteiger partial charge in [-0.2, -0.15) is 0 Å². The van der Waals surface area contributed by atoms with Gasteiger partial charge in [0.05, 0.1) is 12.7 Å². The Labute approximate surface area is 96.6 Å². The predicted octanol–water partition coefficient (Wildman–Crippen LogP) is 1.28. The quantitative estimate of drug-likeness (QED) is 0.759. The van der Waals surface area contributed by atoms with Gasteiger partial charge in [0.25, 0.3) is 0 Å². The molecule has 0 aliphatic rings. The normalized spacial score (nSPS) is 10.7. The highest BCUT2D eigenvalue weighted by atomic mass is 16.3. The standard InChI is InChI=1S/C12H20N2O2/c1-3-14(4-2)8-7-13-12(15)10-11-6-5-9-16-11/h5-6,9H,3-4,7-8,10H2,1-2H3,(H,13,15). The van der Waals surface area contributed by atoms with Crippen molar-refractivity contribution in [3.63, 3.8) is 0 Å². The van der Waals surface area contributed by atoms with Crippen LogP contribution in [0.1, 0.15) is 19.6 Å². The summed E-state index contributed by atoms with van der Waals surface area (Å²) in [4.78, 5) is 13.7. The second kappa shape index (κ2) is 7.06. The van der Waals surface area contributed by atoms with Crippen molar-refractivity contribution in [1.29, 1.82) is 0 Å². The average molecular weight is 224 g/mol. The van der Waals surface area contributed by atoms with E-state index >= 15 is 0 Å². The van der Waals surface area contributed by atoms with E-state index in [1.807, 2.05) is 6.07 Å². The Balaban J connectivity index is 2.15. The van der Waals surface area contributed by atoms with Gasteiger partial charge >= 0.3 is 0 Å². The summed E-state index contributed by atoms with van der Waals surface area (Å²) in [7, 11) is 0. The number of hydrogen-bond acceptors (Lipinski definition) is 3. The number of carbonyl (C=O) groups is 1. The van der Waals surface area contributed by atoms with Crippen LogP contribution in [0.3, 0.4) is 0 Å². The Kier molecular flexibility index (Phi) is 5.64. The zero-order valence-corrected chi connectivity index (χ0v) is 10.0. The van der Waals surface area contributed by atoms with Crippen molar-refractivity contribution in [3.8, 4) is 0 Å². The summed E-state index contributed by atoms with van der Waals surface area (Å²) in [6.07, 6.45) is 1.91. The first-order chi connectivity index (χ1) is 7.76. The second-order valence-electron chi connectivity index (χ2n) is 3.63. The molecule has 4 heteroatoms. The summed E-state index contributed by atoms with van der Waals surface area (Å²) in [6, 6.07) is 3.60. The van der Waals surface area contributed by atoms with Gasteiger partial charge in [0, 0.05) is 13.1 Å². The SMILES string of the molecule is CCN(CC)CCNC(=O)Cc1ccco1. The third-order valence-corrected chi connectivity index (χ3v) is 2.56. The topological polar surface area (TPSA) is 45.5 Å². The lowest BCUT2D eigenvalue weighted by atomic mass is 10.3. The maximum atomic E-state index is 11.5. The molecule has 1 N–H and O–H groups in total. The monoisotopic (exact) mass is 224 g/mol. The molecule has 0 unspecified atom stereocenters. The van der Waals surface area contributed by atoms with E-state index in [1.54, 1.807) is 12.3 Å². The van der Waals surface area contributed by atoms with Crippen molar-refractivity contribution < 1.29 is 9.21 Å². The van der Waals surface area contributed by atoms with Gasteiger partial charge in [0.15, 0.2) is 0 Å². The van der Waals surface area contributed by atoms with Crippen LogP contribution < -0.4 is 5.32 Å². The number of hydrogen-bond donors (Lipinski definition) is 1. The van der Waals surface area contributed by atoms with Gasteiger partial charge in [-0.05, 0) is 25.2 Å². The van der Waals surface area contributed by atoms with Crippen LogP contribution in [0.2, 0.25) is 0 Å². The molecule has 1 heterocycles. The van der Waals surface area contributed by atoms with Crippen molar-refractivity contribution in [1.82, 2.24) is 10.2 Å². The number of nitrogens with one attached hydrogen (secondary N) is 1. The van der Waals surface area contributed by atoms with Crippen LogP contribution in [-0.4, -0.2) is 37.0 Å². The third-order valence-electron chi connectivity index (χ3n) is 2.56. The summed E-state index contributed by atoms with van der Waals surface area (Å²) in [5.74, 6) is 0.724. The Morgan fingerprint density at radius 2 is 2.19 bits per heavy atom. The van der Waals surface area contributed by atoms with Gasteiger partial charge in [0.1, 0.15) is 5.76 Å². The van der Waals surface area contributed by atoms with Crippen molar-refractivity contribution in [2.45, 2.75) is 20.3 Å². The maximum absolute atomic E-state index is 11.5. The second-order valence-corrected chi connectivity index (χ2v) is 3.63. The third kappa shape index (κ3) is 4.49. The van der Waals surface area contributed by atoms with E-state index < -0.39 is 0 Å². The fourth-order valence-corrected chi connectivity index (χ4v) is 1.53. The fraction of sp³-hybridized carbons (Fsp3) is 0.583. The van der Waals surface area contributed by atoms with Crippen LogP contribution in [0.15, 0.2) is 22.8 Å². The molecule has 0 spiro atoms. The lowest BCUT2D eigenvalue weighted by Gasteiger charge is -2.17. The highest BCUT2D eigenvalue weighted by Gasteiger charge is 2.05. The first-order valence-electron chi connectivity index (χ1n) is 5.77. The number of likely N-dealkylation sites (N-methyl/N-ethyl adjacent to an activating group) is 1. The Morgan fingerprint density at radius 1 is 1.44 bits per heavy atom. The van der Waals surface area contributed by atoms with Crippen molar-refractivity contribution in [2.75, 3.05) is 26.2 Å². The number of amides is 1. The molecule has 0 bridgehead atoms. The average Bonchev–Trinajstić information content (AvgIpc) is 2.77. The van der Waals surface area contributed by atoms with Crippen LogP contribution in [0.4, 0.5) is 0 Å². The molecule has 0 fully saturated rings. The zero-order valence-electron chi connectivity index (χ0n) is 10.0. The molecule has 0 saturated heterocycles. The van der Waals surface area contributed by atoms with Crippen LogP contribution in [0, 0.1) is 0 Å². The van der Waals surface area contributed by atoms with Crippen LogP contribution in [0.5, 0.6) is 0 Å². The molecule has 0 aromatic carbocycles. The van der Waals surface area contributed by atoms with Gasteiger partial charge in [-0.3, -0.25) is 4.79 Å². The number of furan rings is 1. The summed E-state index contributed by atoms with van der Waals surface area (Å²) in [5.41, 5.74) is 0. The molecular formula is C12H20N2O2. The molecular weight excluding hydrogens is 204 g/mol. The van der Waals surface area contributed by atoms with Crippen molar-refractivity contribution in [3.05, 3.63) is 24.2 Å². The van der Waals surface area contributed by atoms with Crippen LogP contribution in [-0.2, 0) is 11.2 Å². The number of nitrogens with zero attached hydrogens (tertiary/aromatic N) is 1. The van der Waals surface area contributed by atoms with Crippen LogP contribution in [0.25, 0.3) is 0 Å². The molecule has 0 aliphatic heterocycles. The summed E-state index contributed by atoms with van der Waals surface area (Å²) in [5, 5.41) is 2.88. The Morgan fingerprint density at radius 3 is 2.75 bits per heavy atom. The largest absolute Gasteiger partial charge is 0.469 e. The smallest absolute Gasteiger partial charge is 0.227 e. The van der Waals surface area contributed by atoms with E-state index in [2.05, 4.69) is 24.1 Å². The summed E-state index contributed by atoms with van der Waals surface area (Å²) in [6.45, 7) is 7.87. The molecule has 1 amide bonds. The molecule has 1 rings (SSSR count). The lowest BCUT2D eigenvalue weighted by Crippen LogP contribution is -2.35. The van der Waals surface area contributed by atoms with E-state index in [0.717, 1.165) is 19.6 Å². The Hall–Kier alpha value is -1.29. The number of carbonyl (C=O) groups excluding carboxylic acids is 1. The summed E-state index contributed by atoms with van der Waals surface area (Å²) >= 11 is 0. The minimum atomic E-state index is 0.0158. The zero-order chi connectivity index (χ0) is 11.8. The van der Waals surface area contributed by atoms with E-state index in [0.29, 0.717) is 18.7 Å². The molecule has 16 heavy (non-hydrogen) atoms. The van der Waals surface area contributed by atoms with E-state index in [4.69, 9.17) is 4.42 Å². The lowest BCUT2D eigenvalue weighted by molar-refractivity contribution is -0.120. The molecule has 90 valence electrons. The minimum absolute atomic E-state index is 0.0158. The van der Waals surface area contributed by atoms with Crippen molar-refractivity contribution >= 4 is 5.91 Å². The van der Waals surface area contributed by atoms with Gasteiger partial charge in [-0.25, -0.2) is 0 Å². The van der Waals surface area contributed by atoms with Gasteiger partial charge in [-0.15, -0.1) is 0 Å². The molecule has 1 aromatic heterocycles. The van der Waals surface area contributed by atoms with Gasteiger partial charge in [0.2, 0.25) is 5.91 Å². The van der Waals surface area contributed by atoms with E-state index in [1.165, 1.54) is 0 Å². The van der Waals surface area contributed by atoms with Gasteiger partial charge in [-0.1, -0.05) is 13.8 Å². The number of rotatable bonds is 7. The molecule has 4 nitrogen and oxygen atoms in total. The molecule has 0 aliphatic carbocycles. The summed E-state index contributed by atoms with van der Waals surface area (Å²) < 4.78 is 5.10. The van der Waals surface area contributed by atoms with E-state index in [9.17, 15) is 4.79 Å². The molecule has 1 aromatic rings. The highest BCUT2D eigenvalue weighted by Crippen LogP contribution is 2.00. The highest BCUT2D eigenvalue weighted by molar-refractivity contribution is 5.77. The van der Waals surface area contributed by atoms with Crippen LogP contribution >= 0.6 is 0 Å². The molecule has 0 radical (unpaired) electrons. The van der Waals surface area contributed by atoms with Gasteiger partial charge < -0.3 is 14.6 Å². The fourth-order valence-electron chi connectivity index (χ4n) is 1.53.